The van der Waals surface area contributed by atoms with Gasteiger partial charge in [-0.2, -0.15) is 0 Å². The van der Waals surface area contributed by atoms with Gasteiger partial charge in [-0.3, -0.25) is 0 Å². The third kappa shape index (κ3) is 9.97. The lowest BCUT2D eigenvalue weighted by atomic mass is 10.6. The van der Waals surface area contributed by atoms with Crippen LogP contribution in [-0.4, -0.2) is 74.8 Å². The largest absolute Gasteiger partial charge is 0.456 e. The molecule has 0 atom stereocenters. The fourth-order valence-electron chi connectivity index (χ4n) is 0.958. The van der Waals surface area contributed by atoms with Crippen molar-refractivity contribution in [2.45, 2.75) is 0 Å². The van der Waals surface area contributed by atoms with E-state index in [0.29, 0.717) is 26.2 Å². The number of aliphatic hydroxyl groups excluding tert-OH is 2. The predicted molar refractivity (Wildman–Crippen MR) is 61.8 cm³/mol. The fraction of sp³-hybridized carbons (Fsp3) is 0.800. The van der Waals surface area contributed by atoms with Crippen LogP contribution >= 0.6 is 0 Å². The van der Waals surface area contributed by atoms with Crippen LogP contribution in [-0.2, 0) is 19.1 Å². The van der Waals surface area contributed by atoms with Crippen LogP contribution < -0.4 is 10.6 Å². The topological polar surface area (TPSA) is 117 Å². The number of hydrogen-bond donors (Lipinski definition) is 4. The lowest BCUT2D eigenvalue weighted by Crippen LogP contribution is -2.29. The third-order valence-electron chi connectivity index (χ3n) is 1.77. The summed E-state index contributed by atoms with van der Waals surface area (Å²) in [6.45, 7) is 1.59. The summed E-state index contributed by atoms with van der Waals surface area (Å²) in [5, 5.41) is 22.5. The number of hydrogen-bond acceptors (Lipinski definition) is 8. The molecule has 0 amide bonds. The van der Waals surface area contributed by atoms with Crippen molar-refractivity contribution in [1.29, 1.82) is 0 Å². The van der Waals surface area contributed by atoms with Gasteiger partial charge in [-0.05, 0) is 0 Å². The summed E-state index contributed by atoms with van der Waals surface area (Å²) in [7, 11) is 0. The molecule has 106 valence electrons. The Morgan fingerprint density at radius 3 is 1.50 bits per heavy atom. The van der Waals surface area contributed by atoms with E-state index in [1.807, 2.05) is 0 Å². The van der Waals surface area contributed by atoms with Crippen molar-refractivity contribution in [2.24, 2.45) is 0 Å². The van der Waals surface area contributed by atoms with Crippen molar-refractivity contribution >= 4 is 11.9 Å². The first-order valence-electron chi connectivity index (χ1n) is 5.69. The van der Waals surface area contributed by atoms with Crippen LogP contribution in [0, 0.1) is 0 Å². The second-order valence-electron chi connectivity index (χ2n) is 3.22. The highest BCUT2D eigenvalue weighted by Gasteiger charge is 2.16. The zero-order valence-electron chi connectivity index (χ0n) is 10.2. The molecule has 18 heavy (non-hydrogen) atoms. The molecule has 0 heterocycles. The second-order valence-corrected chi connectivity index (χ2v) is 3.22. The highest BCUT2D eigenvalue weighted by molar-refractivity contribution is 6.29. The molecule has 0 aliphatic heterocycles. The minimum atomic E-state index is -1.04. The number of carbonyl (C=O) groups is 2. The summed E-state index contributed by atoms with van der Waals surface area (Å²) >= 11 is 0. The number of esters is 2. The Morgan fingerprint density at radius 1 is 0.778 bits per heavy atom. The van der Waals surface area contributed by atoms with Crippen LogP contribution in [0.15, 0.2) is 0 Å². The fourth-order valence-corrected chi connectivity index (χ4v) is 0.958. The van der Waals surface area contributed by atoms with Gasteiger partial charge in [-0.15, -0.1) is 0 Å². The van der Waals surface area contributed by atoms with Gasteiger partial charge in [0.15, 0.2) is 0 Å². The summed E-state index contributed by atoms with van der Waals surface area (Å²) < 4.78 is 9.22. The highest BCUT2D eigenvalue weighted by atomic mass is 16.6. The highest BCUT2D eigenvalue weighted by Crippen LogP contribution is 1.84. The quantitative estimate of drug-likeness (QED) is 0.190. The summed E-state index contributed by atoms with van der Waals surface area (Å²) in [6, 6.07) is 0. The number of ether oxygens (including phenoxy) is 2. The van der Waals surface area contributed by atoms with Gasteiger partial charge in [-0.1, -0.05) is 0 Å². The predicted octanol–water partition coefficient (Wildman–Crippen LogP) is -2.76. The van der Waals surface area contributed by atoms with Crippen LogP contribution in [0.2, 0.25) is 0 Å². The third-order valence-corrected chi connectivity index (χ3v) is 1.77. The molecule has 0 aromatic heterocycles. The Balaban J connectivity index is 3.43. The minimum absolute atomic E-state index is 0.00315. The van der Waals surface area contributed by atoms with Gasteiger partial charge in [0.2, 0.25) is 0 Å². The molecule has 0 saturated carbocycles. The minimum Gasteiger partial charge on any atom is -0.456 e. The maximum Gasteiger partial charge on any atom is 0.417 e. The zero-order chi connectivity index (χ0) is 13.6. The Morgan fingerprint density at radius 2 is 1.17 bits per heavy atom. The monoisotopic (exact) mass is 264 g/mol. The van der Waals surface area contributed by atoms with Crippen LogP contribution in [0.25, 0.3) is 0 Å². The number of carbonyl (C=O) groups excluding carboxylic acids is 2. The SMILES string of the molecule is O=C(OCCNCCO)C(=O)OCCNCCO. The maximum atomic E-state index is 11.1. The first-order valence-corrected chi connectivity index (χ1v) is 5.69. The van der Waals surface area contributed by atoms with Crippen molar-refractivity contribution in [2.75, 3.05) is 52.6 Å². The lowest BCUT2D eigenvalue weighted by Gasteiger charge is -2.06. The zero-order valence-corrected chi connectivity index (χ0v) is 10.2. The Bertz CT molecular complexity index is 212. The molecule has 0 unspecified atom stereocenters. The summed E-state index contributed by atoms with van der Waals surface area (Å²) in [4.78, 5) is 22.1. The molecule has 0 spiro atoms. The Hall–Kier alpha value is -1.22. The summed E-state index contributed by atoms with van der Waals surface area (Å²) in [5.74, 6) is -2.08. The molecule has 0 bridgehead atoms. The molecule has 0 aliphatic rings. The van der Waals surface area contributed by atoms with Gasteiger partial charge in [0, 0.05) is 26.2 Å². The van der Waals surface area contributed by atoms with E-state index in [1.165, 1.54) is 0 Å². The smallest absolute Gasteiger partial charge is 0.417 e. The van der Waals surface area contributed by atoms with Crippen molar-refractivity contribution < 1.29 is 29.3 Å². The first kappa shape index (κ1) is 16.8. The molecule has 0 radical (unpaired) electrons. The normalized spacial score (nSPS) is 10.1. The van der Waals surface area contributed by atoms with Crippen LogP contribution in [0.1, 0.15) is 0 Å². The number of nitrogens with one attached hydrogen (secondary N) is 2. The molecule has 0 aromatic carbocycles. The van der Waals surface area contributed by atoms with E-state index >= 15 is 0 Å². The number of rotatable bonds is 10. The van der Waals surface area contributed by atoms with E-state index in [-0.39, 0.29) is 26.4 Å². The van der Waals surface area contributed by atoms with E-state index in [2.05, 4.69) is 20.1 Å². The van der Waals surface area contributed by atoms with Crippen molar-refractivity contribution in [3.8, 4) is 0 Å². The van der Waals surface area contributed by atoms with Gasteiger partial charge in [-0.25, -0.2) is 9.59 Å². The van der Waals surface area contributed by atoms with E-state index in [0.717, 1.165) is 0 Å². The van der Waals surface area contributed by atoms with E-state index in [9.17, 15) is 9.59 Å². The standard InChI is InChI=1S/C10H20N2O6/c13-5-1-11-3-7-17-9(15)10(16)18-8-4-12-2-6-14/h11-14H,1-8H2. The Kier molecular flexibility index (Phi) is 11.4. The summed E-state index contributed by atoms with van der Waals surface area (Å²) in [6.07, 6.45) is 0. The molecule has 0 aromatic rings. The first-order chi connectivity index (χ1) is 8.72. The molecule has 0 rings (SSSR count). The van der Waals surface area contributed by atoms with Gasteiger partial charge >= 0.3 is 11.9 Å². The Labute approximate surface area is 105 Å². The second kappa shape index (κ2) is 12.2. The molecular weight excluding hydrogens is 244 g/mol. The van der Waals surface area contributed by atoms with E-state index < -0.39 is 11.9 Å². The van der Waals surface area contributed by atoms with Gasteiger partial charge in [0.25, 0.3) is 0 Å². The van der Waals surface area contributed by atoms with Crippen molar-refractivity contribution in [3.63, 3.8) is 0 Å². The molecule has 4 N–H and O–H groups in total. The molecular formula is C10H20N2O6. The molecule has 8 heteroatoms. The van der Waals surface area contributed by atoms with E-state index in [1.54, 1.807) is 0 Å². The van der Waals surface area contributed by atoms with Crippen LogP contribution in [0.3, 0.4) is 0 Å². The lowest BCUT2D eigenvalue weighted by molar-refractivity contribution is -0.167. The molecule has 8 nitrogen and oxygen atoms in total. The molecule has 0 aliphatic carbocycles. The van der Waals surface area contributed by atoms with Crippen LogP contribution in [0.4, 0.5) is 0 Å². The summed E-state index contributed by atoms with van der Waals surface area (Å²) in [5.41, 5.74) is 0. The number of aliphatic hydroxyl groups is 2. The average Bonchev–Trinajstić information content (AvgIpc) is 2.37. The van der Waals surface area contributed by atoms with Crippen LogP contribution in [0.5, 0.6) is 0 Å². The molecule has 0 fully saturated rings. The maximum absolute atomic E-state index is 11.1. The van der Waals surface area contributed by atoms with E-state index in [4.69, 9.17) is 10.2 Å². The van der Waals surface area contributed by atoms with Gasteiger partial charge in [0.1, 0.15) is 13.2 Å². The molecule has 0 saturated heterocycles. The van der Waals surface area contributed by atoms with Crippen molar-refractivity contribution in [3.05, 3.63) is 0 Å². The van der Waals surface area contributed by atoms with Gasteiger partial charge in [0.05, 0.1) is 13.2 Å². The van der Waals surface area contributed by atoms with Gasteiger partial charge < -0.3 is 30.3 Å². The average molecular weight is 264 g/mol. The van der Waals surface area contributed by atoms with Crippen molar-refractivity contribution in [1.82, 2.24) is 10.6 Å².